The van der Waals surface area contributed by atoms with Gasteiger partial charge in [-0.25, -0.2) is 0 Å². The number of amides is 1. The number of hydrogen-bond acceptors (Lipinski definition) is 3. The second-order valence-corrected chi connectivity index (χ2v) is 3.21. The number of nitrogens with two attached hydrogens (primary N) is 1. The molecular weight excluding hydrogens is 256 g/mol. The molecule has 0 aromatic heterocycles. The molecule has 0 rings (SSSR count). The summed E-state index contributed by atoms with van der Waals surface area (Å²) in [5, 5.41) is 2.53. The van der Waals surface area contributed by atoms with E-state index in [1.807, 2.05) is 0 Å². The van der Waals surface area contributed by atoms with Crippen LogP contribution in [0.5, 0.6) is 0 Å². The Hall–Kier alpha value is 0.0300. The molecule has 0 heterocycles. The third kappa shape index (κ3) is 2.90. The lowest BCUT2D eigenvalue weighted by atomic mass is 10.4. The van der Waals surface area contributed by atoms with Gasteiger partial charge < -0.3 is 5.73 Å². The molecule has 4 nitrogen and oxygen atoms in total. The van der Waals surface area contributed by atoms with Gasteiger partial charge in [-0.15, -0.1) is 4.91 Å². The molecule has 2 N–H and O–H groups in total. The van der Waals surface area contributed by atoms with Crippen molar-refractivity contribution in [2.75, 3.05) is 0 Å². The molecule has 0 aliphatic rings. The van der Waals surface area contributed by atoms with E-state index in [4.69, 9.17) is 5.73 Å². The highest BCUT2D eigenvalue weighted by Crippen LogP contribution is 2.14. The SMILES string of the molecule is NC(=O)C(Br)C(Br)N=O. The predicted octanol–water partition coefficient (Wildman–Crippen LogP) is 0.723. The number of rotatable bonds is 3. The summed E-state index contributed by atoms with van der Waals surface area (Å²) in [5.41, 5.74) is 4.80. The van der Waals surface area contributed by atoms with Crippen LogP contribution in [0, 0.1) is 4.91 Å². The van der Waals surface area contributed by atoms with Gasteiger partial charge in [-0.05, 0) is 0 Å². The highest BCUT2D eigenvalue weighted by atomic mass is 79.9. The van der Waals surface area contributed by atoms with Crippen molar-refractivity contribution in [2.24, 2.45) is 10.9 Å². The van der Waals surface area contributed by atoms with Crippen LogP contribution in [0.3, 0.4) is 0 Å². The van der Waals surface area contributed by atoms with Crippen molar-refractivity contribution in [1.82, 2.24) is 0 Å². The van der Waals surface area contributed by atoms with Crippen LogP contribution in [-0.4, -0.2) is 15.7 Å². The van der Waals surface area contributed by atoms with Gasteiger partial charge >= 0.3 is 0 Å². The normalized spacial score (nSPS) is 16.2. The average molecular weight is 260 g/mol. The predicted molar refractivity (Wildman–Crippen MR) is 40.4 cm³/mol. The molecule has 0 aromatic rings. The summed E-state index contributed by atoms with van der Waals surface area (Å²) in [5.74, 6) is -0.614. The highest BCUT2D eigenvalue weighted by molar-refractivity contribution is 9.12. The second kappa shape index (κ2) is 3.94. The molecule has 1 amide bonds. The minimum Gasteiger partial charge on any atom is -0.369 e. The van der Waals surface area contributed by atoms with Gasteiger partial charge in [-0.1, -0.05) is 37.0 Å². The average Bonchev–Trinajstić information content (AvgIpc) is 1.84. The Balaban J connectivity index is 3.86. The van der Waals surface area contributed by atoms with Gasteiger partial charge in [0.05, 0.1) is 0 Å². The Morgan fingerprint density at radius 2 is 2.00 bits per heavy atom. The molecule has 0 saturated heterocycles. The zero-order valence-corrected chi connectivity index (χ0v) is 7.42. The number of alkyl halides is 2. The quantitative estimate of drug-likeness (QED) is 0.461. The number of nitroso groups, excluding NO2 is 1. The number of carbonyl (C=O) groups excluding carboxylic acids is 1. The van der Waals surface area contributed by atoms with Gasteiger partial charge in [-0.3, -0.25) is 4.79 Å². The Kier molecular flexibility index (Phi) is 3.96. The van der Waals surface area contributed by atoms with Crippen LogP contribution in [0.15, 0.2) is 5.18 Å². The molecular formula is C3H4Br2N2O2. The van der Waals surface area contributed by atoms with E-state index in [2.05, 4.69) is 37.0 Å². The summed E-state index contributed by atoms with van der Waals surface area (Å²) < 4.78 is 0. The number of nitrogens with zero attached hydrogens (tertiary/aromatic N) is 1. The monoisotopic (exact) mass is 258 g/mol. The Morgan fingerprint density at radius 1 is 1.56 bits per heavy atom. The fraction of sp³-hybridized carbons (Fsp3) is 0.667. The molecule has 0 aliphatic heterocycles. The van der Waals surface area contributed by atoms with E-state index in [1.54, 1.807) is 0 Å². The molecule has 0 aliphatic carbocycles. The Morgan fingerprint density at radius 3 is 2.11 bits per heavy atom. The minimum absolute atomic E-state index is 0.614. The first kappa shape index (κ1) is 9.03. The van der Waals surface area contributed by atoms with E-state index in [9.17, 15) is 9.70 Å². The maximum absolute atomic E-state index is 10.2. The van der Waals surface area contributed by atoms with E-state index in [0.717, 1.165) is 0 Å². The minimum atomic E-state index is -0.782. The number of hydrogen-bond donors (Lipinski definition) is 1. The van der Waals surface area contributed by atoms with Crippen molar-refractivity contribution in [3.8, 4) is 0 Å². The summed E-state index contributed by atoms with van der Waals surface area (Å²) >= 11 is 5.67. The van der Waals surface area contributed by atoms with Crippen molar-refractivity contribution >= 4 is 37.8 Å². The number of halogens is 2. The molecule has 0 fully saturated rings. The summed E-state index contributed by atoms with van der Waals surface area (Å²) in [6.07, 6.45) is 0. The summed E-state index contributed by atoms with van der Waals surface area (Å²) in [6, 6.07) is 0. The lowest BCUT2D eigenvalue weighted by Gasteiger charge is -2.02. The van der Waals surface area contributed by atoms with Crippen LogP contribution in [0.1, 0.15) is 0 Å². The first-order chi connectivity index (χ1) is 4.09. The Bertz CT molecular complexity index is 129. The molecule has 52 valence electrons. The van der Waals surface area contributed by atoms with E-state index in [-0.39, 0.29) is 0 Å². The van der Waals surface area contributed by atoms with Gasteiger partial charge in [0.25, 0.3) is 0 Å². The van der Waals surface area contributed by atoms with Crippen LogP contribution in [0.4, 0.5) is 0 Å². The van der Waals surface area contributed by atoms with Crippen LogP contribution in [0.25, 0.3) is 0 Å². The Labute approximate surface area is 68.4 Å². The van der Waals surface area contributed by atoms with Crippen molar-refractivity contribution in [2.45, 2.75) is 9.78 Å². The van der Waals surface area contributed by atoms with Crippen molar-refractivity contribution in [3.05, 3.63) is 4.91 Å². The third-order valence-electron chi connectivity index (χ3n) is 0.614. The largest absolute Gasteiger partial charge is 0.369 e. The maximum atomic E-state index is 10.2. The number of primary amides is 1. The van der Waals surface area contributed by atoms with Crippen LogP contribution < -0.4 is 5.73 Å². The smallest absolute Gasteiger partial charge is 0.234 e. The fourth-order valence-corrected chi connectivity index (χ4v) is 0.546. The molecule has 0 aromatic carbocycles. The van der Waals surface area contributed by atoms with Crippen molar-refractivity contribution < 1.29 is 4.79 Å². The summed E-state index contributed by atoms with van der Waals surface area (Å²) in [4.78, 5) is 18.5. The first-order valence-electron chi connectivity index (χ1n) is 1.99. The molecule has 0 radical (unpaired) electrons. The lowest BCUT2D eigenvalue weighted by Crippen LogP contribution is -2.29. The van der Waals surface area contributed by atoms with Gasteiger partial charge in [0, 0.05) is 0 Å². The molecule has 6 heteroatoms. The van der Waals surface area contributed by atoms with Crippen molar-refractivity contribution in [3.63, 3.8) is 0 Å². The molecule has 0 spiro atoms. The lowest BCUT2D eigenvalue weighted by molar-refractivity contribution is -0.117. The van der Waals surface area contributed by atoms with Crippen LogP contribution in [0.2, 0.25) is 0 Å². The summed E-state index contributed by atoms with van der Waals surface area (Å²) in [6.45, 7) is 0. The second-order valence-electron chi connectivity index (χ2n) is 1.28. The van der Waals surface area contributed by atoms with Crippen molar-refractivity contribution in [1.29, 1.82) is 0 Å². The van der Waals surface area contributed by atoms with E-state index in [1.165, 1.54) is 0 Å². The third-order valence-corrected chi connectivity index (χ3v) is 2.97. The zero-order chi connectivity index (χ0) is 7.44. The van der Waals surface area contributed by atoms with E-state index in [0.29, 0.717) is 0 Å². The standard InChI is InChI=1S/C3H4Br2N2O2/c4-1(3(6)8)2(5)7-9/h1-2H,(H2,6,8). The molecule has 0 bridgehead atoms. The van der Waals surface area contributed by atoms with Gasteiger partial charge in [0.2, 0.25) is 5.91 Å². The zero-order valence-electron chi connectivity index (χ0n) is 4.25. The molecule has 0 saturated carbocycles. The summed E-state index contributed by atoms with van der Waals surface area (Å²) in [7, 11) is 0. The van der Waals surface area contributed by atoms with E-state index >= 15 is 0 Å². The van der Waals surface area contributed by atoms with Crippen LogP contribution in [-0.2, 0) is 4.79 Å². The number of carbonyl (C=O) groups is 1. The molecule has 9 heavy (non-hydrogen) atoms. The van der Waals surface area contributed by atoms with Gasteiger partial charge in [-0.2, -0.15) is 0 Å². The fourth-order valence-electron chi connectivity index (χ4n) is 0.189. The van der Waals surface area contributed by atoms with Gasteiger partial charge in [0.15, 0.2) is 4.95 Å². The van der Waals surface area contributed by atoms with Gasteiger partial charge in [0.1, 0.15) is 4.83 Å². The topological polar surface area (TPSA) is 72.5 Å². The maximum Gasteiger partial charge on any atom is 0.234 e. The van der Waals surface area contributed by atoms with E-state index < -0.39 is 15.7 Å². The molecule has 2 unspecified atom stereocenters. The highest BCUT2D eigenvalue weighted by Gasteiger charge is 2.21. The first-order valence-corrected chi connectivity index (χ1v) is 3.82. The van der Waals surface area contributed by atoms with Crippen LogP contribution >= 0.6 is 31.9 Å². The molecule has 2 atom stereocenters.